The predicted octanol–water partition coefficient (Wildman–Crippen LogP) is 5.25. The Balaban J connectivity index is 1.46. The first kappa shape index (κ1) is 15.2. The third-order valence-electron chi connectivity index (χ3n) is 5.23. The minimum Gasteiger partial charge on any atom is -0.349 e. The Morgan fingerprint density at radius 1 is 0.885 bits per heavy atom. The van der Waals surface area contributed by atoms with Crippen molar-refractivity contribution in [3.63, 3.8) is 0 Å². The number of allylic oxidation sites excluding steroid dienone is 2. The average Bonchev–Trinajstić information content (AvgIpc) is 3.31. The fourth-order valence-corrected chi connectivity index (χ4v) is 3.93. The van der Waals surface area contributed by atoms with E-state index in [1.165, 1.54) is 34.0 Å². The fourth-order valence-electron chi connectivity index (χ4n) is 3.93. The van der Waals surface area contributed by atoms with E-state index in [4.69, 9.17) is 0 Å². The van der Waals surface area contributed by atoms with Crippen LogP contribution >= 0.6 is 0 Å². The Morgan fingerprint density at radius 3 is 2.38 bits per heavy atom. The Kier molecular flexibility index (Phi) is 3.71. The maximum absolute atomic E-state index is 4.68. The number of nitrogens with zero attached hydrogens (tertiary/aromatic N) is 3. The van der Waals surface area contributed by atoms with Gasteiger partial charge in [0.2, 0.25) is 0 Å². The standard InChI is InChI=1S/C23H21N3/c1-2-10-21(11-3-1)26-23-12-6-9-18(22(23)15-24-26)13-14-25-16-19-7-4-5-8-20(19)17-25/h1-5,7-8,10-11,13,15-17H,6,9,12,14H2/b18-13+. The molecule has 0 spiro atoms. The van der Waals surface area contributed by atoms with Crippen LogP contribution in [0.15, 0.2) is 79.3 Å². The molecule has 0 radical (unpaired) electrons. The Bertz CT molecular complexity index is 1050. The van der Waals surface area contributed by atoms with E-state index in [1.807, 2.05) is 12.3 Å². The highest BCUT2D eigenvalue weighted by molar-refractivity contribution is 5.82. The van der Waals surface area contributed by atoms with Gasteiger partial charge in [0.1, 0.15) is 0 Å². The highest BCUT2D eigenvalue weighted by atomic mass is 15.3. The van der Waals surface area contributed by atoms with Gasteiger partial charge in [0.05, 0.1) is 17.6 Å². The Morgan fingerprint density at radius 2 is 1.62 bits per heavy atom. The molecule has 1 aliphatic carbocycles. The molecule has 0 fully saturated rings. The lowest BCUT2D eigenvalue weighted by atomic mass is 9.92. The van der Waals surface area contributed by atoms with Crippen LogP contribution in [-0.2, 0) is 13.0 Å². The van der Waals surface area contributed by atoms with Crippen LogP contribution in [0.25, 0.3) is 22.0 Å². The van der Waals surface area contributed by atoms with Gasteiger partial charge in [-0.3, -0.25) is 0 Å². The smallest absolute Gasteiger partial charge is 0.0649 e. The lowest BCUT2D eigenvalue weighted by Crippen LogP contribution is -2.07. The fraction of sp³-hybridized carbons (Fsp3) is 0.174. The van der Waals surface area contributed by atoms with Crippen LogP contribution in [0.1, 0.15) is 24.1 Å². The summed E-state index contributed by atoms with van der Waals surface area (Å²) in [6, 6.07) is 19.0. The molecule has 2 aromatic heterocycles. The molecule has 0 amide bonds. The summed E-state index contributed by atoms with van der Waals surface area (Å²) in [7, 11) is 0. The Labute approximate surface area is 153 Å². The zero-order valence-electron chi connectivity index (χ0n) is 14.7. The zero-order valence-corrected chi connectivity index (χ0v) is 14.7. The molecule has 26 heavy (non-hydrogen) atoms. The average molecular weight is 339 g/mol. The summed E-state index contributed by atoms with van der Waals surface area (Å²) in [5.41, 5.74) is 5.22. The van der Waals surface area contributed by atoms with Crippen molar-refractivity contribution < 1.29 is 0 Å². The van der Waals surface area contributed by atoms with Gasteiger partial charge in [-0.25, -0.2) is 4.68 Å². The number of aromatic nitrogens is 3. The van der Waals surface area contributed by atoms with E-state index < -0.39 is 0 Å². The van der Waals surface area contributed by atoms with E-state index in [0.717, 1.165) is 25.1 Å². The van der Waals surface area contributed by atoms with Crippen LogP contribution in [0.3, 0.4) is 0 Å². The van der Waals surface area contributed by atoms with Gasteiger partial charge in [-0.05, 0) is 47.7 Å². The van der Waals surface area contributed by atoms with Crippen molar-refractivity contribution in [3.8, 4) is 5.69 Å². The third kappa shape index (κ3) is 2.66. The molecular weight excluding hydrogens is 318 g/mol. The van der Waals surface area contributed by atoms with Gasteiger partial charge in [-0.2, -0.15) is 5.10 Å². The van der Waals surface area contributed by atoms with Crippen LogP contribution < -0.4 is 0 Å². The van der Waals surface area contributed by atoms with Crippen molar-refractivity contribution in [2.45, 2.75) is 25.8 Å². The van der Waals surface area contributed by atoms with Crippen molar-refractivity contribution in [1.82, 2.24) is 14.3 Å². The van der Waals surface area contributed by atoms with E-state index in [-0.39, 0.29) is 0 Å². The highest BCUT2D eigenvalue weighted by Gasteiger charge is 2.19. The van der Waals surface area contributed by atoms with Gasteiger partial charge in [0.25, 0.3) is 0 Å². The number of rotatable bonds is 3. The number of para-hydroxylation sites is 1. The molecule has 0 saturated carbocycles. The number of hydrogen-bond acceptors (Lipinski definition) is 1. The molecule has 3 nitrogen and oxygen atoms in total. The monoisotopic (exact) mass is 339 g/mol. The number of fused-ring (bicyclic) bond motifs is 2. The minimum absolute atomic E-state index is 0.903. The molecule has 1 aliphatic rings. The molecule has 0 N–H and O–H groups in total. The van der Waals surface area contributed by atoms with Crippen LogP contribution in [-0.4, -0.2) is 14.3 Å². The first-order chi connectivity index (χ1) is 12.9. The maximum atomic E-state index is 4.68. The Hall–Kier alpha value is -3.07. The SMILES string of the molecule is C(/Cn1cc2ccccc2c1)=C1/CCCc2c1cnn2-c1ccccc1. The van der Waals surface area contributed by atoms with Crippen LogP contribution in [0.2, 0.25) is 0 Å². The molecule has 2 aromatic carbocycles. The molecule has 0 aliphatic heterocycles. The van der Waals surface area contributed by atoms with E-state index in [0.29, 0.717) is 0 Å². The molecule has 0 unspecified atom stereocenters. The molecule has 2 heterocycles. The summed E-state index contributed by atoms with van der Waals surface area (Å²) >= 11 is 0. The lowest BCUT2D eigenvalue weighted by Gasteiger charge is -2.17. The number of benzene rings is 2. The second kappa shape index (κ2) is 6.34. The first-order valence-electron chi connectivity index (χ1n) is 9.25. The van der Waals surface area contributed by atoms with Crippen molar-refractivity contribution >= 4 is 16.3 Å². The molecule has 128 valence electrons. The summed E-state index contributed by atoms with van der Waals surface area (Å²) in [5.74, 6) is 0. The molecule has 4 aromatic rings. The summed E-state index contributed by atoms with van der Waals surface area (Å²) in [6.45, 7) is 0.903. The minimum atomic E-state index is 0.903. The van der Waals surface area contributed by atoms with Gasteiger partial charge >= 0.3 is 0 Å². The van der Waals surface area contributed by atoms with Crippen LogP contribution in [0, 0.1) is 0 Å². The first-order valence-corrected chi connectivity index (χ1v) is 9.25. The molecular formula is C23H21N3. The molecule has 0 atom stereocenters. The van der Waals surface area contributed by atoms with E-state index in [9.17, 15) is 0 Å². The van der Waals surface area contributed by atoms with Crippen LogP contribution in [0.4, 0.5) is 0 Å². The van der Waals surface area contributed by atoms with Crippen molar-refractivity contribution in [2.24, 2.45) is 0 Å². The van der Waals surface area contributed by atoms with Crippen molar-refractivity contribution in [3.05, 3.63) is 90.5 Å². The van der Waals surface area contributed by atoms with Crippen LogP contribution in [0.5, 0.6) is 0 Å². The second-order valence-corrected chi connectivity index (χ2v) is 6.92. The lowest BCUT2D eigenvalue weighted by molar-refractivity contribution is 0.734. The predicted molar refractivity (Wildman–Crippen MR) is 106 cm³/mol. The van der Waals surface area contributed by atoms with E-state index >= 15 is 0 Å². The zero-order chi connectivity index (χ0) is 17.3. The van der Waals surface area contributed by atoms with Gasteiger partial charge in [-0.1, -0.05) is 48.5 Å². The van der Waals surface area contributed by atoms with Crippen molar-refractivity contribution in [1.29, 1.82) is 0 Å². The van der Waals surface area contributed by atoms with E-state index in [1.54, 1.807) is 0 Å². The number of hydrogen-bond donors (Lipinski definition) is 0. The quantitative estimate of drug-likeness (QED) is 0.500. The summed E-state index contributed by atoms with van der Waals surface area (Å²) in [6.07, 6.45) is 12.3. The van der Waals surface area contributed by atoms with Crippen molar-refractivity contribution in [2.75, 3.05) is 0 Å². The maximum Gasteiger partial charge on any atom is 0.0649 e. The van der Waals surface area contributed by atoms with E-state index in [2.05, 4.69) is 81.3 Å². The molecule has 5 rings (SSSR count). The molecule has 3 heteroatoms. The summed E-state index contributed by atoms with van der Waals surface area (Å²) in [4.78, 5) is 0. The molecule has 0 saturated heterocycles. The summed E-state index contributed by atoms with van der Waals surface area (Å²) in [5, 5.41) is 7.27. The van der Waals surface area contributed by atoms with Gasteiger partial charge in [0, 0.05) is 24.5 Å². The highest BCUT2D eigenvalue weighted by Crippen LogP contribution is 2.32. The topological polar surface area (TPSA) is 22.8 Å². The normalized spacial score (nSPS) is 15.5. The second-order valence-electron chi connectivity index (χ2n) is 6.92. The van der Waals surface area contributed by atoms with Gasteiger partial charge in [-0.15, -0.1) is 0 Å². The third-order valence-corrected chi connectivity index (χ3v) is 5.23. The van der Waals surface area contributed by atoms with Gasteiger partial charge in [0.15, 0.2) is 0 Å². The molecule has 0 bridgehead atoms. The summed E-state index contributed by atoms with van der Waals surface area (Å²) < 4.78 is 4.37. The largest absolute Gasteiger partial charge is 0.349 e. The van der Waals surface area contributed by atoms with Gasteiger partial charge < -0.3 is 4.57 Å².